The summed E-state index contributed by atoms with van der Waals surface area (Å²) in [5, 5.41) is 7.89. The zero-order valence-electron chi connectivity index (χ0n) is 12.0. The number of carboxylic acids is 1. The van der Waals surface area contributed by atoms with Gasteiger partial charge in [-0.25, -0.2) is 9.59 Å². The summed E-state index contributed by atoms with van der Waals surface area (Å²) in [6.07, 6.45) is 1.53. The van der Waals surface area contributed by atoms with Gasteiger partial charge in [0, 0.05) is 24.1 Å². The Balaban J connectivity index is 0.000000511. The molecule has 1 N–H and O–H groups in total. The number of aliphatic carboxylic acids is 1. The molecule has 1 aliphatic heterocycles. The van der Waals surface area contributed by atoms with E-state index in [4.69, 9.17) is 9.84 Å². The summed E-state index contributed by atoms with van der Waals surface area (Å²) in [5.41, 5.74) is 0.563. The fourth-order valence-corrected chi connectivity index (χ4v) is 1.31. The number of carbonyl (C=O) groups is 3. The van der Waals surface area contributed by atoms with Crippen molar-refractivity contribution in [3.63, 3.8) is 0 Å². The van der Waals surface area contributed by atoms with Crippen LogP contribution in [0.25, 0.3) is 0 Å². The van der Waals surface area contributed by atoms with E-state index in [1.54, 1.807) is 11.8 Å². The molecule has 6 nitrogen and oxygen atoms in total. The standard InChI is InChI=1S/C10H15NO3.C4H6O2/c1-8(2)10(13)14-7-6-11-5-3-4-9(11)12;1-3(2)4(5)6/h1,3-7H2,2H3;1H2,2H3,(H,5,6). The zero-order chi connectivity index (χ0) is 15.7. The Kier molecular flexibility index (Phi) is 7.96. The Labute approximate surface area is 118 Å². The molecule has 0 aliphatic carbocycles. The van der Waals surface area contributed by atoms with Crippen molar-refractivity contribution in [2.24, 2.45) is 0 Å². The molecule has 1 heterocycles. The average molecular weight is 283 g/mol. The highest BCUT2D eigenvalue weighted by molar-refractivity contribution is 5.87. The normalized spacial score (nSPS) is 13.3. The van der Waals surface area contributed by atoms with E-state index in [0.29, 0.717) is 18.5 Å². The molecule has 0 aromatic carbocycles. The first kappa shape index (κ1) is 17.9. The van der Waals surface area contributed by atoms with Gasteiger partial charge in [-0.1, -0.05) is 13.2 Å². The summed E-state index contributed by atoms with van der Waals surface area (Å²) in [4.78, 5) is 33.4. The minimum Gasteiger partial charge on any atom is -0.478 e. The van der Waals surface area contributed by atoms with E-state index in [0.717, 1.165) is 13.0 Å². The lowest BCUT2D eigenvalue weighted by molar-refractivity contribution is -0.141. The van der Waals surface area contributed by atoms with Crippen molar-refractivity contribution in [1.82, 2.24) is 4.90 Å². The van der Waals surface area contributed by atoms with Crippen LogP contribution in [-0.4, -0.2) is 47.5 Å². The van der Waals surface area contributed by atoms with Crippen molar-refractivity contribution in [2.75, 3.05) is 19.7 Å². The molecule has 20 heavy (non-hydrogen) atoms. The van der Waals surface area contributed by atoms with Crippen molar-refractivity contribution >= 4 is 17.8 Å². The van der Waals surface area contributed by atoms with E-state index >= 15 is 0 Å². The van der Waals surface area contributed by atoms with Crippen molar-refractivity contribution < 1.29 is 24.2 Å². The van der Waals surface area contributed by atoms with Crippen LogP contribution in [0.2, 0.25) is 0 Å². The second-order valence-electron chi connectivity index (χ2n) is 4.49. The van der Waals surface area contributed by atoms with Gasteiger partial charge in [0.05, 0.1) is 6.54 Å². The smallest absolute Gasteiger partial charge is 0.333 e. The lowest BCUT2D eigenvalue weighted by Gasteiger charge is -2.14. The van der Waals surface area contributed by atoms with Crippen molar-refractivity contribution in [1.29, 1.82) is 0 Å². The average Bonchev–Trinajstić information content (AvgIpc) is 2.75. The van der Waals surface area contributed by atoms with E-state index in [9.17, 15) is 14.4 Å². The van der Waals surface area contributed by atoms with Crippen molar-refractivity contribution in [2.45, 2.75) is 26.7 Å². The highest BCUT2D eigenvalue weighted by Gasteiger charge is 2.19. The Hall–Kier alpha value is -2.11. The quantitative estimate of drug-likeness (QED) is 0.608. The minimum atomic E-state index is -0.935. The van der Waals surface area contributed by atoms with Gasteiger partial charge in [0.15, 0.2) is 0 Å². The van der Waals surface area contributed by atoms with Gasteiger partial charge < -0.3 is 14.7 Å². The largest absolute Gasteiger partial charge is 0.478 e. The van der Waals surface area contributed by atoms with Gasteiger partial charge in [0.2, 0.25) is 5.91 Å². The second kappa shape index (κ2) is 8.90. The number of hydrogen-bond donors (Lipinski definition) is 1. The monoisotopic (exact) mass is 283 g/mol. The fraction of sp³-hybridized carbons (Fsp3) is 0.500. The van der Waals surface area contributed by atoms with Crippen LogP contribution in [0.3, 0.4) is 0 Å². The summed E-state index contributed by atoms with van der Waals surface area (Å²) in [6.45, 7) is 11.2. The molecule has 6 heteroatoms. The third-order valence-electron chi connectivity index (χ3n) is 2.48. The fourth-order valence-electron chi connectivity index (χ4n) is 1.31. The maximum Gasteiger partial charge on any atom is 0.333 e. The summed E-state index contributed by atoms with van der Waals surface area (Å²) in [6, 6.07) is 0. The van der Waals surface area contributed by atoms with Crippen LogP contribution in [0.5, 0.6) is 0 Å². The molecule has 1 amide bonds. The summed E-state index contributed by atoms with van der Waals surface area (Å²) < 4.78 is 4.88. The highest BCUT2D eigenvalue weighted by atomic mass is 16.5. The number of esters is 1. The van der Waals surface area contributed by atoms with Gasteiger partial charge in [0.25, 0.3) is 0 Å². The Morgan fingerprint density at radius 2 is 1.85 bits per heavy atom. The van der Waals surface area contributed by atoms with Gasteiger partial charge in [-0.3, -0.25) is 4.79 Å². The topological polar surface area (TPSA) is 83.9 Å². The van der Waals surface area contributed by atoms with E-state index in [2.05, 4.69) is 13.2 Å². The molecule has 0 unspecified atom stereocenters. The van der Waals surface area contributed by atoms with Gasteiger partial charge in [-0.15, -0.1) is 0 Å². The number of nitrogens with zero attached hydrogens (tertiary/aromatic N) is 1. The molecular weight excluding hydrogens is 262 g/mol. The van der Waals surface area contributed by atoms with Crippen LogP contribution in [0.15, 0.2) is 24.3 Å². The molecule has 0 bridgehead atoms. The Morgan fingerprint density at radius 1 is 1.30 bits per heavy atom. The Bertz CT molecular complexity index is 402. The van der Waals surface area contributed by atoms with Crippen LogP contribution >= 0.6 is 0 Å². The van der Waals surface area contributed by atoms with Crippen molar-refractivity contribution in [3.8, 4) is 0 Å². The molecule has 112 valence electrons. The summed E-state index contributed by atoms with van der Waals surface area (Å²) in [5.74, 6) is -1.18. The van der Waals surface area contributed by atoms with Gasteiger partial charge in [-0.2, -0.15) is 0 Å². The second-order valence-corrected chi connectivity index (χ2v) is 4.49. The van der Waals surface area contributed by atoms with Gasteiger partial charge >= 0.3 is 11.9 Å². The molecule has 0 saturated carbocycles. The predicted molar refractivity (Wildman–Crippen MR) is 74.0 cm³/mol. The van der Waals surface area contributed by atoms with E-state index in [-0.39, 0.29) is 18.1 Å². The van der Waals surface area contributed by atoms with Crippen LogP contribution in [-0.2, 0) is 19.1 Å². The molecule has 1 fully saturated rings. The first-order chi connectivity index (χ1) is 9.25. The van der Waals surface area contributed by atoms with Crippen LogP contribution < -0.4 is 0 Å². The molecule has 0 aromatic rings. The summed E-state index contributed by atoms with van der Waals surface area (Å²) >= 11 is 0. The van der Waals surface area contributed by atoms with Crippen LogP contribution in [0.4, 0.5) is 0 Å². The molecule has 0 radical (unpaired) electrons. The molecule has 1 saturated heterocycles. The maximum absolute atomic E-state index is 11.2. The molecule has 0 spiro atoms. The Morgan fingerprint density at radius 3 is 2.20 bits per heavy atom. The predicted octanol–water partition coefficient (Wildman–Crippen LogP) is 1.38. The molecule has 1 aliphatic rings. The van der Waals surface area contributed by atoms with E-state index < -0.39 is 11.9 Å². The molecular formula is C14H21NO5. The number of likely N-dealkylation sites (tertiary alicyclic amines) is 1. The van der Waals surface area contributed by atoms with E-state index in [1.165, 1.54) is 6.92 Å². The third-order valence-corrected chi connectivity index (χ3v) is 2.48. The van der Waals surface area contributed by atoms with E-state index in [1.807, 2.05) is 0 Å². The molecule has 1 rings (SSSR count). The lowest BCUT2D eigenvalue weighted by atomic mass is 10.4. The van der Waals surface area contributed by atoms with Gasteiger partial charge in [0.1, 0.15) is 6.61 Å². The third kappa shape index (κ3) is 7.35. The number of hydrogen-bond acceptors (Lipinski definition) is 4. The summed E-state index contributed by atoms with van der Waals surface area (Å²) in [7, 11) is 0. The SMILES string of the molecule is C=C(C)C(=O)O.C=C(C)C(=O)OCCN1CCCC1=O. The highest BCUT2D eigenvalue weighted by Crippen LogP contribution is 2.08. The number of ether oxygens (including phenoxy) is 1. The molecule has 0 aromatic heterocycles. The number of amides is 1. The number of rotatable bonds is 5. The first-order valence-electron chi connectivity index (χ1n) is 6.25. The van der Waals surface area contributed by atoms with Crippen molar-refractivity contribution in [3.05, 3.63) is 24.3 Å². The minimum absolute atomic E-state index is 0.149. The van der Waals surface area contributed by atoms with Gasteiger partial charge in [-0.05, 0) is 20.3 Å². The first-order valence-corrected chi connectivity index (χ1v) is 6.25. The van der Waals surface area contributed by atoms with Crippen LogP contribution in [0, 0.1) is 0 Å². The van der Waals surface area contributed by atoms with Crippen LogP contribution in [0.1, 0.15) is 26.7 Å². The molecule has 0 atom stereocenters. The zero-order valence-corrected chi connectivity index (χ0v) is 12.0. The lowest BCUT2D eigenvalue weighted by Crippen LogP contribution is -2.29. The maximum atomic E-state index is 11.2. The number of carbonyl (C=O) groups excluding carboxylic acids is 2. The number of carboxylic acid groups (broad SMARTS) is 1.